The lowest BCUT2D eigenvalue weighted by Gasteiger charge is -2.16. The molecule has 0 amide bonds. The zero-order valence-electron chi connectivity index (χ0n) is 6.32. The van der Waals surface area contributed by atoms with E-state index in [1.807, 2.05) is 13.8 Å². The van der Waals surface area contributed by atoms with Crippen molar-refractivity contribution in [2.75, 3.05) is 6.61 Å². The lowest BCUT2D eigenvalue weighted by Crippen LogP contribution is -2.21. The van der Waals surface area contributed by atoms with Gasteiger partial charge in [0.15, 0.2) is 0 Å². The molecule has 0 spiro atoms. The Balaban J connectivity index is 3.80. The minimum Gasteiger partial charge on any atom is -0.363 e. The molecule has 0 atom stereocenters. The summed E-state index contributed by atoms with van der Waals surface area (Å²) < 4.78 is 5.18. The van der Waals surface area contributed by atoms with Crippen LogP contribution in [-0.4, -0.2) is 12.2 Å². The second-order valence-electron chi connectivity index (χ2n) is 2.23. The zero-order valence-corrected chi connectivity index (χ0v) is 6.32. The minimum atomic E-state index is -0.323. The van der Waals surface area contributed by atoms with E-state index >= 15 is 0 Å². The predicted octanol–water partition coefficient (Wildman–Crippen LogP) is 1.64. The molecular formula is C8H13O. The van der Waals surface area contributed by atoms with Crippen molar-refractivity contribution in [1.29, 1.82) is 0 Å². The third kappa shape index (κ3) is 4.05. The molecule has 0 aliphatic heterocycles. The molecule has 51 valence electrons. The first-order valence-corrected chi connectivity index (χ1v) is 2.99. The van der Waals surface area contributed by atoms with Gasteiger partial charge in [0.2, 0.25) is 0 Å². The fourth-order valence-electron chi connectivity index (χ4n) is 0.592. The fraction of sp³-hybridized carbons (Fsp3) is 0.625. The average Bonchev–Trinajstić information content (AvgIpc) is 1.64. The van der Waals surface area contributed by atoms with E-state index < -0.39 is 0 Å². The van der Waals surface area contributed by atoms with E-state index in [2.05, 4.69) is 18.8 Å². The summed E-state index contributed by atoms with van der Waals surface area (Å²) in [6.45, 7) is 9.69. The molecule has 0 aliphatic rings. The van der Waals surface area contributed by atoms with Crippen molar-refractivity contribution in [2.45, 2.75) is 26.4 Å². The van der Waals surface area contributed by atoms with Crippen molar-refractivity contribution in [3.05, 3.63) is 6.92 Å². The molecule has 0 aromatic carbocycles. The number of rotatable bonds is 2. The first-order chi connectivity index (χ1) is 4.12. The second kappa shape index (κ2) is 3.53. The fourth-order valence-corrected chi connectivity index (χ4v) is 0.592. The van der Waals surface area contributed by atoms with Crippen molar-refractivity contribution in [3.8, 4) is 11.8 Å². The molecule has 1 radical (unpaired) electrons. The molecule has 0 aliphatic carbocycles. The molecule has 1 heteroatoms. The Labute approximate surface area is 57.4 Å². The number of ether oxygens (including phenoxy) is 1. The monoisotopic (exact) mass is 125 g/mol. The van der Waals surface area contributed by atoms with Crippen molar-refractivity contribution in [3.63, 3.8) is 0 Å². The highest BCUT2D eigenvalue weighted by Gasteiger charge is 2.11. The minimum absolute atomic E-state index is 0.323. The van der Waals surface area contributed by atoms with Crippen LogP contribution in [0.25, 0.3) is 0 Å². The first-order valence-electron chi connectivity index (χ1n) is 2.99. The Hall–Kier alpha value is -0.480. The molecule has 1 nitrogen and oxygen atoms in total. The zero-order chi connectivity index (χ0) is 7.33. The van der Waals surface area contributed by atoms with E-state index in [1.54, 1.807) is 6.92 Å². The van der Waals surface area contributed by atoms with Gasteiger partial charge in [-0.1, -0.05) is 5.92 Å². The summed E-state index contributed by atoms with van der Waals surface area (Å²) in [7, 11) is 0. The Morgan fingerprint density at radius 3 is 2.44 bits per heavy atom. The van der Waals surface area contributed by atoms with Gasteiger partial charge >= 0.3 is 0 Å². The van der Waals surface area contributed by atoms with Crippen LogP contribution < -0.4 is 0 Å². The van der Waals surface area contributed by atoms with Crippen molar-refractivity contribution < 1.29 is 4.74 Å². The summed E-state index contributed by atoms with van der Waals surface area (Å²) in [5.41, 5.74) is -0.323. The highest BCUT2D eigenvalue weighted by Crippen LogP contribution is 2.05. The van der Waals surface area contributed by atoms with Crippen LogP contribution in [0.2, 0.25) is 0 Å². The van der Waals surface area contributed by atoms with Crippen LogP contribution in [0.3, 0.4) is 0 Å². The molecule has 0 fully saturated rings. The lowest BCUT2D eigenvalue weighted by atomic mass is 10.1. The second-order valence-corrected chi connectivity index (χ2v) is 2.23. The maximum atomic E-state index is 5.18. The quantitative estimate of drug-likeness (QED) is 0.510. The van der Waals surface area contributed by atoms with E-state index in [-0.39, 0.29) is 5.60 Å². The Morgan fingerprint density at radius 2 is 2.11 bits per heavy atom. The largest absolute Gasteiger partial charge is 0.363 e. The smallest absolute Gasteiger partial charge is 0.123 e. The van der Waals surface area contributed by atoms with E-state index in [0.29, 0.717) is 6.61 Å². The highest BCUT2D eigenvalue weighted by molar-refractivity contribution is 5.08. The van der Waals surface area contributed by atoms with Crippen LogP contribution >= 0.6 is 0 Å². The van der Waals surface area contributed by atoms with E-state index in [1.165, 1.54) is 0 Å². The number of hydrogen-bond acceptors (Lipinski definition) is 1. The summed E-state index contributed by atoms with van der Waals surface area (Å²) >= 11 is 0. The third-order valence-electron chi connectivity index (χ3n) is 0.889. The van der Waals surface area contributed by atoms with Gasteiger partial charge in [0, 0.05) is 6.61 Å². The highest BCUT2D eigenvalue weighted by atomic mass is 16.5. The van der Waals surface area contributed by atoms with Crippen molar-refractivity contribution in [1.82, 2.24) is 0 Å². The molecule has 0 aromatic rings. The molecule has 0 saturated carbocycles. The van der Waals surface area contributed by atoms with Crippen LogP contribution in [0.1, 0.15) is 20.8 Å². The van der Waals surface area contributed by atoms with E-state index in [0.717, 1.165) is 0 Å². The normalized spacial score (nSPS) is 10.2. The van der Waals surface area contributed by atoms with Gasteiger partial charge in [0.1, 0.15) is 5.60 Å². The van der Waals surface area contributed by atoms with Gasteiger partial charge in [-0.3, -0.25) is 0 Å². The van der Waals surface area contributed by atoms with Gasteiger partial charge in [-0.2, -0.15) is 0 Å². The topological polar surface area (TPSA) is 9.23 Å². The summed E-state index contributed by atoms with van der Waals surface area (Å²) in [5.74, 6) is 5.70. The van der Waals surface area contributed by atoms with E-state index in [4.69, 9.17) is 4.74 Å². The first kappa shape index (κ1) is 8.52. The lowest BCUT2D eigenvalue weighted by molar-refractivity contribution is 0.0458. The SMILES string of the molecule is [CH2]COC(C)(C)C#CC. The molecular weight excluding hydrogens is 112 g/mol. The van der Waals surface area contributed by atoms with Gasteiger partial charge in [-0.15, -0.1) is 5.92 Å². The standard InChI is InChI=1S/C8H13O/c1-5-7-8(3,4)9-6-2/h2,6H2,1,3-4H3. The summed E-state index contributed by atoms with van der Waals surface area (Å²) in [4.78, 5) is 0. The van der Waals surface area contributed by atoms with Crippen LogP contribution in [0.15, 0.2) is 0 Å². The van der Waals surface area contributed by atoms with Crippen LogP contribution in [0, 0.1) is 18.8 Å². The molecule has 0 unspecified atom stereocenters. The van der Waals surface area contributed by atoms with Gasteiger partial charge in [-0.05, 0) is 27.7 Å². The summed E-state index contributed by atoms with van der Waals surface area (Å²) in [6.07, 6.45) is 0. The molecule has 0 bridgehead atoms. The predicted molar refractivity (Wildman–Crippen MR) is 38.8 cm³/mol. The molecule has 0 rings (SSSR count). The molecule has 0 saturated heterocycles. The van der Waals surface area contributed by atoms with E-state index in [9.17, 15) is 0 Å². The Bertz CT molecular complexity index is 125. The van der Waals surface area contributed by atoms with Crippen molar-refractivity contribution in [2.24, 2.45) is 0 Å². The van der Waals surface area contributed by atoms with Crippen LogP contribution in [0.5, 0.6) is 0 Å². The third-order valence-corrected chi connectivity index (χ3v) is 0.889. The van der Waals surface area contributed by atoms with Crippen molar-refractivity contribution >= 4 is 0 Å². The molecule has 0 aromatic heterocycles. The maximum Gasteiger partial charge on any atom is 0.123 e. The summed E-state index contributed by atoms with van der Waals surface area (Å²) in [5, 5.41) is 0. The van der Waals surface area contributed by atoms with Crippen LogP contribution in [-0.2, 0) is 4.74 Å². The Kier molecular flexibility index (Phi) is 3.34. The number of hydrogen-bond donors (Lipinski definition) is 0. The molecule has 9 heavy (non-hydrogen) atoms. The Morgan fingerprint density at radius 1 is 1.56 bits per heavy atom. The molecule has 0 N–H and O–H groups in total. The van der Waals surface area contributed by atoms with Gasteiger partial charge < -0.3 is 4.74 Å². The van der Waals surface area contributed by atoms with Gasteiger partial charge in [-0.25, -0.2) is 0 Å². The average molecular weight is 125 g/mol. The summed E-state index contributed by atoms with van der Waals surface area (Å²) in [6, 6.07) is 0. The van der Waals surface area contributed by atoms with Crippen LogP contribution in [0.4, 0.5) is 0 Å². The van der Waals surface area contributed by atoms with Gasteiger partial charge in [0.25, 0.3) is 0 Å². The molecule has 0 heterocycles. The maximum absolute atomic E-state index is 5.18. The van der Waals surface area contributed by atoms with Gasteiger partial charge in [0.05, 0.1) is 0 Å².